The molecule has 4 rings (SSSR count). The topological polar surface area (TPSA) is 71.3 Å². The molecule has 0 bridgehead atoms. The van der Waals surface area contributed by atoms with Crippen molar-refractivity contribution in [2.24, 2.45) is 5.41 Å². The summed E-state index contributed by atoms with van der Waals surface area (Å²) in [6.07, 6.45) is 5.05. The smallest absolute Gasteiger partial charge is 0.292 e. The first-order chi connectivity index (χ1) is 11.3. The van der Waals surface area contributed by atoms with Crippen LogP contribution in [0.1, 0.15) is 29.8 Å². The van der Waals surface area contributed by atoms with Gasteiger partial charge in [0.05, 0.1) is 5.69 Å². The number of hydrogen-bond acceptors (Lipinski definition) is 5. The molecule has 0 atom stereocenters. The van der Waals surface area contributed by atoms with E-state index in [-0.39, 0.29) is 5.91 Å². The van der Waals surface area contributed by atoms with Gasteiger partial charge in [-0.25, -0.2) is 0 Å². The largest absolute Gasteiger partial charge is 0.350 e. The van der Waals surface area contributed by atoms with Gasteiger partial charge in [-0.05, 0) is 43.4 Å². The van der Waals surface area contributed by atoms with Gasteiger partial charge in [-0.15, -0.1) is 0 Å². The number of amides is 1. The lowest BCUT2D eigenvalue weighted by molar-refractivity contribution is 0.0568. The summed E-state index contributed by atoms with van der Waals surface area (Å²) >= 11 is 0. The first-order valence-corrected chi connectivity index (χ1v) is 8.14. The lowest BCUT2D eigenvalue weighted by Gasteiger charge is -2.38. The Labute approximate surface area is 134 Å². The monoisotopic (exact) mass is 312 g/mol. The van der Waals surface area contributed by atoms with E-state index in [2.05, 4.69) is 15.5 Å². The number of likely N-dealkylation sites (tertiary alicyclic amines) is 1. The van der Waals surface area contributed by atoms with Gasteiger partial charge in [-0.3, -0.25) is 9.78 Å². The Kier molecular flexibility index (Phi) is 3.61. The van der Waals surface area contributed by atoms with Crippen LogP contribution in [-0.4, -0.2) is 47.1 Å². The quantitative estimate of drug-likeness (QED) is 0.918. The molecule has 2 aliphatic heterocycles. The number of nitrogens with one attached hydrogen (secondary N) is 1. The Balaban J connectivity index is 1.45. The minimum Gasteiger partial charge on any atom is -0.350 e. The van der Waals surface area contributed by atoms with Crippen molar-refractivity contribution >= 4 is 5.91 Å². The molecular weight excluding hydrogens is 292 g/mol. The number of nitrogens with zero attached hydrogens (tertiary/aromatic N) is 3. The van der Waals surface area contributed by atoms with Gasteiger partial charge in [0.2, 0.25) is 5.76 Å². The summed E-state index contributed by atoms with van der Waals surface area (Å²) in [5.74, 6) is 0.228. The SMILES string of the molecule is O=C(c1cc(-c2ccccn2)no1)N1CCC2(CCNC2)CC1. The van der Waals surface area contributed by atoms with Gasteiger partial charge in [0, 0.05) is 31.9 Å². The molecule has 2 saturated heterocycles. The molecule has 0 aromatic carbocycles. The summed E-state index contributed by atoms with van der Waals surface area (Å²) in [7, 11) is 0. The van der Waals surface area contributed by atoms with E-state index in [0.717, 1.165) is 39.0 Å². The molecule has 1 spiro atoms. The predicted molar refractivity (Wildman–Crippen MR) is 84.8 cm³/mol. The van der Waals surface area contributed by atoms with Crippen molar-refractivity contribution < 1.29 is 9.32 Å². The fourth-order valence-corrected chi connectivity index (χ4v) is 3.57. The van der Waals surface area contributed by atoms with Crippen LogP contribution in [0.3, 0.4) is 0 Å². The minimum absolute atomic E-state index is 0.0690. The van der Waals surface area contributed by atoms with E-state index in [1.165, 1.54) is 6.42 Å². The van der Waals surface area contributed by atoms with Crippen LogP contribution in [0.15, 0.2) is 35.0 Å². The summed E-state index contributed by atoms with van der Waals surface area (Å²) in [6, 6.07) is 7.27. The molecule has 0 saturated carbocycles. The van der Waals surface area contributed by atoms with E-state index in [4.69, 9.17) is 4.52 Å². The molecule has 6 nitrogen and oxygen atoms in total. The molecule has 0 aliphatic carbocycles. The van der Waals surface area contributed by atoms with E-state index in [1.54, 1.807) is 12.3 Å². The second-order valence-corrected chi connectivity index (χ2v) is 6.51. The van der Waals surface area contributed by atoms with Gasteiger partial charge < -0.3 is 14.7 Å². The zero-order valence-electron chi connectivity index (χ0n) is 13.0. The molecular formula is C17H20N4O2. The Bertz CT molecular complexity index is 682. The Morgan fingerprint density at radius 3 is 2.78 bits per heavy atom. The maximum absolute atomic E-state index is 12.6. The van der Waals surface area contributed by atoms with Crippen molar-refractivity contribution in [1.82, 2.24) is 20.4 Å². The molecule has 120 valence electrons. The molecule has 4 heterocycles. The van der Waals surface area contributed by atoms with E-state index < -0.39 is 0 Å². The molecule has 2 aliphatic rings. The number of rotatable bonds is 2. The van der Waals surface area contributed by atoms with Gasteiger partial charge in [0.1, 0.15) is 5.69 Å². The van der Waals surface area contributed by atoms with Crippen molar-refractivity contribution in [2.75, 3.05) is 26.2 Å². The Morgan fingerprint density at radius 1 is 1.22 bits per heavy atom. The van der Waals surface area contributed by atoms with Crippen molar-refractivity contribution in [2.45, 2.75) is 19.3 Å². The van der Waals surface area contributed by atoms with Gasteiger partial charge in [-0.1, -0.05) is 11.2 Å². The highest BCUT2D eigenvalue weighted by atomic mass is 16.5. The molecule has 1 amide bonds. The Hall–Kier alpha value is -2.21. The summed E-state index contributed by atoms with van der Waals surface area (Å²) in [4.78, 5) is 18.7. The molecule has 1 N–H and O–H groups in total. The van der Waals surface area contributed by atoms with E-state index in [0.29, 0.717) is 22.6 Å². The van der Waals surface area contributed by atoms with E-state index in [1.807, 2.05) is 23.1 Å². The minimum atomic E-state index is -0.0690. The number of hydrogen-bond donors (Lipinski definition) is 1. The summed E-state index contributed by atoms with van der Waals surface area (Å²) in [6.45, 7) is 3.77. The third-order valence-corrected chi connectivity index (χ3v) is 5.09. The summed E-state index contributed by atoms with van der Waals surface area (Å²) in [5.41, 5.74) is 1.71. The highest BCUT2D eigenvalue weighted by molar-refractivity contribution is 5.92. The molecule has 0 radical (unpaired) electrons. The van der Waals surface area contributed by atoms with Crippen molar-refractivity contribution in [3.63, 3.8) is 0 Å². The number of aromatic nitrogens is 2. The van der Waals surface area contributed by atoms with Gasteiger partial charge in [-0.2, -0.15) is 0 Å². The first kappa shape index (κ1) is 14.4. The van der Waals surface area contributed by atoms with Gasteiger partial charge in [0.15, 0.2) is 0 Å². The summed E-state index contributed by atoms with van der Waals surface area (Å²) < 4.78 is 5.26. The summed E-state index contributed by atoms with van der Waals surface area (Å²) in [5, 5.41) is 7.42. The van der Waals surface area contributed by atoms with Crippen molar-refractivity contribution in [3.05, 3.63) is 36.2 Å². The van der Waals surface area contributed by atoms with Crippen LogP contribution in [-0.2, 0) is 0 Å². The zero-order chi connectivity index (χ0) is 15.7. The maximum atomic E-state index is 12.6. The molecule has 2 fully saturated rings. The van der Waals surface area contributed by atoms with Crippen LogP contribution in [0.2, 0.25) is 0 Å². The maximum Gasteiger partial charge on any atom is 0.292 e. The highest BCUT2D eigenvalue weighted by Crippen LogP contribution is 2.37. The van der Waals surface area contributed by atoms with Crippen molar-refractivity contribution in [1.29, 1.82) is 0 Å². The molecule has 6 heteroatoms. The van der Waals surface area contributed by atoms with Crippen LogP contribution >= 0.6 is 0 Å². The fourth-order valence-electron chi connectivity index (χ4n) is 3.57. The van der Waals surface area contributed by atoms with Crippen molar-refractivity contribution in [3.8, 4) is 11.4 Å². The average molecular weight is 312 g/mol. The molecule has 23 heavy (non-hydrogen) atoms. The highest BCUT2D eigenvalue weighted by Gasteiger charge is 2.38. The molecule has 0 unspecified atom stereocenters. The third kappa shape index (κ3) is 2.74. The number of carbonyl (C=O) groups excluding carboxylic acids is 1. The van der Waals surface area contributed by atoms with Crippen LogP contribution < -0.4 is 5.32 Å². The predicted octanol–water partition coefficient (Wildman–Crippen LogP) is 1.95. The average Bonchev–Trinajstić information content (AvgIpc) is 3.26. The second kappa shape index (κ2) is 5.77. The van der Waals surface area contributed by atoms with Gasteiger partial charge >= 0.3 is 0 Å². The third-order valence-electron chi connectivity index (χ3n) is 5.09. The van der Waals surface area contributed by atoms with Crippen LogP contribution in [0, 0.1) is 5.41 Å². The molecule has 2 aromatic rings. The van der Waals surface area contributed by atoms with E-state index in [9.17, 15) is 4.79 Å². The lowest BCUT2D eigenvalue weighted by atomic mass is 9.78. The number of piperidine rings is 1. The fraction of sp³-hybridized carbons (Fsp3) is 0.471. The van der Waals surface area contributed by atoms with Crippen LogP contribution in [0.25, 0.3) is 11.4 Å². The first-order valence-electron chi connectivity index (χ1n) is 8.14. The van der Waals surface area contributed by atoms with Crippen LogP contribution in [0.4, 0.5) is 0 Å². The molecule has 2 aromatic heterocycles. The van der Waals surface area contributed by atoms with E-state index >= 15 is 0 Å². The van der Waals surface area contributed by atoms with Gasteiger partial charge in [0.25, 0.3) is 5.91 Å². The number of pyridine rings is 1. The standard InChI is InChI=1S/C17H20N4O2/c22-16(21-9-5-17(6-10-21)4-8-18-12-17)15-11-14(20-23-15)13-3-1-2-7-19-13/h1-3,7,11,18H,4-6,8-10,12H2. The number of carbonyl (C=O) groups is 1. The second-order valence-electron chi connectivity index (χ2n) is 6.51. The normalized spacial score (nSPS) is 20.1. The zero-order valence-corrected chi connectivity index (χ0v) is 13.0. The Morgan fingerprint density at radius 2 is 2.09 bits per heavy atom. The lowest BCUT2D eigenvalue weighted by Crippen LogP contribution is -2.43. The van der Waals surface area contributed by atoms with Crippen LogP contribution in [0.5, 0.6) is 0 Å².